The van der Waals surface area contributed by atoms with Gasteiger partial charge in [-0.1, -0.05) is 26.7 Å². The fourth-order valence-corrected chi connectivity index (χ4v) is 8.70. The molecular formula is C22H38O4S. The van der Waals surface area contributed by atoms with Crippen molar-refractivity contribution >= 4 is 10.4 Å². The van der Waals surface area contributed by atoms with Crippen molar-refractivity contribution in [1.29, 1.82) is 0 Å². The summed E-state index contributed by atoms with van der Waals surface area (Å²) < 4.78 is 34.8. The van der Waals surface area contributed by atoms with Gasteiger partial charge in [-0.15, -0.1) is 0 Å². The average Bonchev–Trinajstić information content (AvgIpc) is 2.94. The summed E-state index contributed by atoms with van der Waals surface area (Å²) in [6, 6.07) is 0. The van der Waals surface area contributed by atoms with Crippen LogP contribution in [-0.4, -0.2) is 19.6 Å². The first-order chi connectivity index (χ1) is 12.7. The molecule has 5 heteroatoms. The molecule has 4 fully saturated rings. The number of hydrogen-bond acceptors (Lipinski definition) is 3. The van der Waals surface area contributed by atoms with E-state index in [0.717, 1.165) is 36.5 Å². The summed E-state index contributed by atoms with van der Waals surface area (Å²) in [6.07, 6.45) is 15.9. The van der Waals surface area contributed by atoms with Gasteiger partial charge in [0.15, 0.2) is 0 Å². The van der Waals surface area contributed by atoms with Crippen LogP contribution in [-0.2, 0) is 14.6 Å². The van der Waals surface area contributed by atoms with Crippen molar-refractivity contribution in [2.45, 2.75) is 90.9 Å². The molecule has 0 aliphatic heterocycles. The molecule has 4 rings (SSSR count). The minimum atomic E-state index is -4.29. The molecule has 1 N–H and O–H groups in total. The number of hydrogen-bond donors (Lipinski definition) is 1. The van der Waals surface area contributed by atoms with Crippen molar-refractivity contribution in [3.8, 4) is 0 Å². The third kappa shape index (κ3) is 3.61. The Hall–Kier alpha value is -0.130. The highest BCUT2D eigenvalue weighted by molar-refractivity contribution is 7.80. The molecule has 0 bridgehead atoms. The molecule has 0 heterocycles. The first-order valence-electron chi connectivity index (χ1n) is 11.4. The van der Waals surface area contributed by atoms with Crippen LogP contribution in [0.1, 0.15) is 90.9 Å². The molecule has 4 aliphatic carbocycles. The van der Waals surface area contributed by atoms with Crippen LogP contribution in [0.5, 0.6) is 0 Å². The molecule has 0 aromatic heterocycles. The van der Waals surface area contributed by atoms with E-state index in [4.69, 9.17) is 4.55 Å². The van der Waals surface area contributed by atoms with Gasteiger partial charge in [-0.3, -0.25) is 4.55 Å². The van der Waals surface area contributed by atoms with Crippen molar-refractivity contribution in [2.75, 3.05) is 6.61 Å². The highest BCUT2D eigenvalue weighted by Gasteiger charge is 2.59. The zero-order chi connectivity index (χ0) is 19.3. The highest BCUT2D eigenvalue weighted by atomic mass is 32.3. The normalized spacial score (nSPS) is 47.1. The van der Waals surface area contributed by atoms with Crippen molar-refractivity contribution in [2.24, 2.45) is 40.4 Å². The quantitative estimate of drug-likeness (QED) is 0.481. The summed E-state index contributed by atoms with van der Waals surface area (Å²) in [5, 5.41) is 0. The lowest BCUT2D eigenvalue weighted by atomic mass is 9.45. The minimum absolute atomic E-state index is 0.113. The molecule has 4 saturated carbocycles. The molecule has 0 spiro atoms. The van der Waals surface area contributed by atoms with Crippen molar-refractivity contribution in [1.82, 2.24) is 0 Å². The standard InChI is InChI=1S/C22H38O4S/c1-21-13-4-3-6-16(21)8-10-18-19-11-9-17(7-5-15-26-27(23,24)25)22(19,2)14-12-20(18)21/h16-20H,3-15H2,1-2H3,(H,23,24,25). The maximum atomic E-state index is 10.8. The van der Waals surface area contributed by atoms with E-state index in [1.165, 1.54) is 64.2 Å². The highest BCUT2D eigenvalue weighted by Crippen LogP contribution is 2.67. The summed E-state index contributed by atoms with van der Waals surface area (Å²) in [4.78, 5) is 0. The largest absolute Gasteiger partial charge is 0.397 e. The molecule has 0 amide bonds. The lowest BCUT2D eigenvalue weighted by Gasteiger charge is -2.60. The molecule has 27 heavy (non-hydrogen) atoms. The third-order valence-electron chi connectivity index (χ3n) is 9.71. The first kappa shape index (κ1) is 20.2. The molecule has 156 valence electrons. The van der Waals surface area contributed by atoms with Crippen LogP contribution in [0.2, 0.25) is 0 Å². The Morgan fingerprint density at radius 2 is 1.70 bits per heavy atom. The molecule has 4 nitrogen and oxygen atoms in total. The molecule has 0 radical (unpaired) electrons. The van der Waals surface area contributed by atoms with Crippen LogP contribution in [0.25, 0.3) is 0 Å². The Bertz CT molecular complexity index is 647. The van der Waals surface area contributed by atoms with E-state index in [0.29, 0.717) is 16.7 Å². The second-order valence-corrected chi connectivity index (χ2v) is 11.7. The van der Waals surface area contributed by atoms with Gasteiger partial charge in [-0.25, -0.2) is 4.18 Å². The van der Waals surface area contributed by atoms with Gasteiger partial charge in [0.1, 0.15) is 0 Å². The first-order valence-corrected chi connectivity index (χ1v) is 12.7. The fraction of sp³-hybridized carbons (Fsp3) is 1.00. The molecule has 0 saturated heterocycles. The van der Waals surface area contributed by atoms with Gasteiger partial charge in [-0.2, -0.15) is 8.42 Å². The molecular weight excluding hydrogens is 360 g/mol. The molecule has 0 aromatic rings. The summed E-state index contributed by atoms with van der Waals surface area (Å²) in [6.45, 7) is 5.28. The minimum Gasteiger partial charge on any atom is -0.264 e. The van der Waals surface area contributed by atoms with Crippen molar-refractivity contribution < 1.29 is 17.2 Å². The van der Waals surface area contributed by atoms with Crippen LogP contribution in [0, 0.1) is 40.4 Å². The predicted molar refractivity (Wildman–Crippen MR) is 107 cm³/mol. The monoisotopic (exact) mass is 398 g/mol. The van der Waals surface area contributed by atoms with Gasteiger partial charge < -0.3 is 0 Å². The molecule has 0 aromatic carbocycles. The SMILES string of the molecule is CC12CCCCC1CCC1C2CCC2(C)C(CCCOS(=O)(=O)O)CCC12. The molecule has 7 atom stereocenters. The topological polar surface area (TPSA) is 63.6 Å². The Labute approximate surface area is 165 Å². The smallest absolute Gasteiger partial charge is 0.264 e. The maximum absolute atomic E-state index is 10.8. The second kappa shape index (κ2) is 7.28. The lowest BCUT2D eigenvalue weighted by molar-refractivity contribution is -0.111. The summed E-state index contributed by atoms with van der Waals surface area (Å²) in [5.41, 5.74) is 1.03. The summed E-state index contributed by atoms with van der Waals surface area (Å²) in [7, 11) is -4.29. The number of fused-ring (bicyclic) bond motifs is 5. The van der Waals surface area contributed by atoms with Crippen molar-refractivity contribution in [3.63, 3.8) is 0 Å². The third-order valence-corrected chi connectivity index (χ3v) is 10.2. The zero-order valence-electron chi connectivity index (χ0n) is 17.2. The van der Waals surface area contributed by atoms with E-state index in [1.807, 2.05) is 0 Å². The maximum Gasteiger partial charge on any atom is 0.397 e. The van der Waals surface area contributed by atoms with Gasteiger partial charge in [0, 0.05) is 0 Å². The lowest BCUT2D eigenvalue weighted by Crippen LogP contribution is -2.52. The average molecular weight is 399 g/mol. The van der Waals surface area contributed by atoms with Crippen LogP contribution >= 0.6 is 0 Å². The van der Waals surface area contributed by atoms with Crippen LogP contribution in [0.4, 0.5) is 0 Å². The van der Waals surface area contributed by atoms with Crippen LogP contribution < -0.4 is 0 Å². The Morgan fingerprint density at radius 3 is 2.48 bits per heavy atom. The van der Waals surface area contributed by atoms with Gasteiger partial charge in [0.2, 0.25) is 0 Å². The zero-order valence-corrected chi connectivity index (χ0v) is 18.0. The van der Waals surface area contributed by atoms with E-state index in [2.05, 4.69) is 18.0 Å². The number of rotatable bonds is 5. The Kier molecular flexibility index (Phi) is 5.44. The van der Waals surface area contributed by atoms with E-state index in [1.54, 1.807) is 0 Å². The van der Waals surface area contributed by atoms with Gasteiger partial charge in [0.25, 0.3) is 0 Å². The van der Waals surface area contributed by atoms with E-state index < -0.39 is 10.4 Å². The Morgan fingerprint density at radius 1 is 0.926 bits per heavy atom. The Balaban J connectivity index is 1.42. The van der Waals surface area contributed by atoms with Crippen molar-refractivity contribution in [3.05, 3.63) is 0 Å². The van der Waals surface area contributed by atoms with Crippen LogP contribution in [0.15, 0.2) is 0 Å². The predicted octanol–water partition coefficient (Wildman–Crippen LogP) is 5.64. The van der Waals surface area contributed by atoms with Crippen LogP contribution in [0.3, 0.4) is 0 Å². The second-order valence-electron chi connectivity index (χ2n) is 10.6. The van der Waals surface area contributed by atoms with Gasteiger partial charge in [0.05, 0.1) is 6.61 Å². The fourth-order valence-electron chi connectivity index (χ4n) is 8.37. The van der Waals surface area contributed by atoms with E-state index >= 15 is 0 Å². The molecule has 7 unspecified atom stereocenters. The van der Waals surface area contributed by atoms with Gasteiger partial charge >= 0.3 is 10.4 Å². The molecule has 4 aliphatic rings. The van der Waals surface area contributed by atoms with E-state index in [-0.39, 0.29) is 6.61 Å². The van der Waals surface area contributed by atoms with E-state index in [9.17, 15) is 8.42 Å². The summed E-state index contributed by atoms with van der Waals surface area (Å²) in [5.74, 6) is 4.39. The summed E-state index contributed by atoms with van der Waals surface area (Å²) >= 11 is 0. The van der Waals surface area contributed by atoms with Gasteiger partial charge in [-0.05, 0) is 105 Å².